The third kappa shape index (κ3) is 3.93. The Hall–Kier alpha value is -2.70. The van der Waals surface area contributed by atoms with Gasteiger partial charge in [0, 0.05) is 16.0 Å². The summed E-state index contributed by atoms with van der Waals surface area (Å²) in [4.78, 5) is 10.5. The van der Waals surface area contributed by atoms with Crippen molar-refractivity contribution in [2.45, 2.75) is 19.4 Å². The Bertz CT molecular complexity index is 1100. The minimum absolute atomic E-state index is 0.0490. The van der Waals surface area contributed by atoms with Crippen molar-refractivity contribution in [1.82, 2.24) is 9.97 Å². The van der Waals surface area contributed by atoms with Gasteiger partial charge in [0.1, 0.15) is 11.6 Å². The van der Waals surface area contributed by atoms with Crippen LogP contribution in [-0.2, 0) is 0 Å². The van der Waals surface area contributed by atoms with Crippen molar-refractivity contribution >= 4 is 51.3 Å². The molecule has 0 spiro atoms. The van der Waals surface area contributed by atoms with E-state index in [-0.39, 0.29) is 11.1 Å². The van der Waals surface area contributed by atoms with Gasteiger partial charge in [-0.2, -0.15) is 4.98 Å². The number of hydrogen-bond donors (Lipinski definition) is 2. The minimum atomic E-state index is -0.462. The van der Waals surface area contributed by atoms with Crippen LogP contribution in [0, 0.1) is 5.82 Å². The molecule has 2 N–H and O–H groups in total. The summed E-state index contributed by atoms with van der Waals surface area (Å²) in [6.07, 6.45) is 0.926. The van der Waals surface area contributed by atoms with E-state index in [4.69, 9.17) is 11.6 Å². The molecule has 0 aliphatic carbocycles. The minimum Gasteiger partial charge on any atom is -0.362 e. The summed E-state index contributed by atoms with van der Waals surface area (Å²) in [5.74, 6) is 0.710. The molecular weight excluding hydrogens is 395 g/mol. The van der Waals surface area contributed by atoms with E-state index in [0.717, 1.165) is 23.1 Å². The van der Waals surface area contributed by atoms with Crippen LogP contribution in [0.4, 0.5) is 21.8 Å². The van der Waals surface area contributed by atoms with Crippen LogP contribution in [0.25, 0.3) is 10.9 Å². The average molecular weight is 413 g/mol. The molecular formula is C21H18ClFN4S. The smallest absolute Gasteiger partial charge is 0.229 e. The molecule has 0 bridgehead atoms. The van der Waals surface area contributed by atoms with E-state index in [9.17, 15) is 4.39 Å². The van der Waals surface area contributed by atoms with E-state index in [1.165, 1.54) is 17.0 Å². The van der Waals surface area contributed by atoms with E-state index in [0.29, 0.717) is 11.6 Å². The SMILES string of the molecule is CC[C@@H](Nc1nc(Nc2ccc(F)c(Cl)c2)nc2ccccc12)c1cccs1. The van der Waals surface area contributed by atoms with Crippen LogP contribution in [0.3, 0.4) is 0 Å². The van der Waals surface area contributed by atoms with E-state index >= 15 is 0 Å². The molecule has 0 fully saturated rings. The van der Waals surface area contributed by atoms with Crippen LogP contribution < -0.4 is 10.6 Å². The van der Waals surface area contributed by atoms with Gasteiger partial charge in [-0.1, -0.05) is 36.7 Å². The first-order valence-corrected chi connectivity index (χ1v) is 10.2. The number of fused-ring (bicyclic) bond motifs is 1. The summed E-state index contributed by atoms with van der Waals surface area (Å²) in [5.41, 5.74) is 1.44. The number of benzene rings is 2. The molecule has 2 aromatic heterocycles. The fraction of sp³-hybridized carbons (Fsp3) is 0.143. The predicted molar refractivity (Wildman–Crippen MR) is 115 cm³/mol. The first-order valence-electron chi connectivity index (χ1n) is 8.93. The van der Waals surface area contributed by atoms with Gasteiger partial charge in [-0.15, -0.1) is 11.3 Å². The molecule has 0 aliphatic rings. The molecule has 142 valence electrons. The molecule has 1 atom stereocenters. The van der Waals surface area contributed by atoms with E-state index < -0.39 is 5.82 Å². The number of nitrogens with zero attached hydrogens (tertiary/aromatic N) is 2. The number of aromatic nitrogens is 2. The highest BCUT2D eigenvalue weighted by Crippen LogP contribution is 2.30. The van der Waals surface area contributed by atoms with E-state index in [1.807, 2.05) is 30.3 Å². The topological polar surface area (TPSA) is 49.8 Å². The molecule has 0 amide bonds. The third-order valence-electron chi connectivity index (χ3n) is 4.38. The zero-order valence-corrected chi connectivity index (χ0v) is 16.7. The predicted octanol–water partition coefficient (Wildman–Crippen LogP) is 6.79. The summed E-state index contributed by atoms with van der Waals surface area (Å²) in [5, 5.41) is 9.74. The van der Waals surface area contributed by atoms with E-state index in [2.05, 4.69) is 39.0 Å². The Morgan fingerprint density at radius 2 is 1.96 bits per heavy atom. The number of rotatable bonds is 6. The molecule has 7 heteroatoms. The lowest BCUT2D eigenvalue weighted by molar-refractivity contribution is 0.628. The number of hydrogen-bond acceptors (Lipinski definition) is 5. The first-order chi connectivity index (χ1) is 13.6. The van der Waals surface area contributed by atoms with E-state index in [1.54, 1.807) is 17.4 Å². The maximum Gasteiger partial charge on any atom is 0.229 e. The number of nitrogens with one attached hydrogen (secondary N) is 2. The Labute approximate surface area is 171 Å². The van der Waals surface area contributed by atoms with Gasteiger partial charge in [0.25, 0.3) is 0 Å². The normalized spacial score (nSPS) is 12.1. The van der Waals surface area contributed by atoms with Crippen molar-refractivity contribution in [3.63, 3.8) is 0 Å². The van der Waals surface area contributed by atoms with Crippen LogP contribution in [0.1, 0.15) is 24.3 Å². The number of para-hydroxylation sites is 1. The molecule has 2 heterocycles. The summed E-state index contributed by atoms with van der Waals surface area (Å²) in [7, 11) is 0. The van der Waals surface area contributed by atoms with Gasteiger partial charge in [0.05, 0.1) is 16.6 Å². The second kappa shape index (κ2) is 8.12. The lowest BCUT2D eigenvalue weighted by Crippen LogP contribution is -2.11. The molecule has 4 aromatic rings. The second-order valence-electron chi connectivity index (χ2n) is 6.29. The zero-order valence-electron chi connectivity index (χ0n) is 15.1. The molecule has 0 saturated heterocycles. The Morgan fingerprint density at radius 3 is 2.71 bits per heavy atom. The number of thiophene rings is 1. The van der Waals surface area contributed by atoms with Crippen molar-refractivity contribution in [2.24, 2.45) is 0 Å². The molecule has 2 aromatic carbocycles. The van der Waals surface area contributed by atoms with Crippen LogP contribution in [0.15, 0.2) is 60.0 Å². The van der Waals surface area contributed by atoms with Crippen molar-refractivity contribution in [1.29, 1.82) is 0 Å². The highest BCUT2D eigenvalue weighted by molar-refractivity contribution is 7.10. The highest BCUT2D eigenvalue weighted by Gasteiger charge is 2.15. The van der Waals surface area contributed by atoms with Crippen LogP contribution in [-0.4, -0.2) is 9.97 Å². The standard InChI is InChI=1S/C21H18ClFN4S/c1-2-17(19-8-5-11-28-19)25-20-14-6-3-4-7-18(14)26-21(27-20)24-13-9-10-16(23)15(22)12-13/h3-12,17H,2H2,1H3,(H2,24,25,26,27)/t17-/m1/s1. The molecule has 28 heavy (non-hydrogen) atoms. The molecule has 0 aliphatic heterocycles. The second-order valence-corrected chi connectivity index (χ2v) is 7.67. The summed E-state index contributed by atoms with van der Waals surface area (Å²) in [6, 6.07) is 16.6. The fourth-order valence-electron chi connectivity index (χ4n) is 2.97. The van der Waals surface area contributed by atoms with Gasteiger partial charge in [-0.3, -0.25) is 0 Å². The van der Waals surface area contributed by atoms with Crippen molar-refractivity contribution in [3.05, 3.63) is 75.7 Å². The average Bonchev–Trinajstić information content (AvgIpc) is 3.23. The van der Waals surface area contributed by atoms with Crippen LogP contribution in [0.2, 0.25) is 5.02 Å². The highest BCUT2D eigenvalue weighted by atomic mass is 35.5. The maximum atomic E-state index is 13.4. The van der Waals surface area contributed by atoms with Crippen LogP contribution >= 0.6 is 22.9 Å². The van der Waals surface area contributed by atoms with Crippen molar-refractivity contribution in [2.75, 3.05) is 10.6 Å². The van der Waals surface area contributed by atoms with Gasteiger partial charge < -0.3 is 10.6 Å². The summed E-state index contributed by atoms with van der Waals surface area (Å²) >= 11 is 7.60. The molecule has 0 unspecified atom stereocenters. The fourth-order valence-corrected chi connectivity index (χ4v) is 4.02. The van der Waals surface area contributed by atoms with Crippen LogP contribution in [0.5, 0.6) is 0 Å². The van der Waals surface area contributed by atoms with Gasteiger partial charge in [-0.05, 0) is 48.2 Å². The first kappa shape index (κ1) is 18.7. The lowest BCUT2D eigenvalue weighted by atomic mass is 10.1. The zero-order chi connectivity index (χ0) is 19.5. The lowest BCUT2D eigenvalue weighted by Gasteiger charge is -2.18. The Balaban J connectivity index is 1.71. The summed E-state index contributed by atoms with van der Waals surface area (Å²) in [6.45, 7) is 2.14. The monoisotopic (exact) mass is 412 g/mol. The number of halogens is 2. The maximum absolute atomic E-state index is 13.4. The summed E-state index contributed by atoms with van der Waals surface area (Å²) < 4.78 is 13.4. The van der Waals surface area contributed by atoms with Crippen molar-refractivity contribution in [3.8, 4) is 0 Å². The molecule has 4 rings (SSSR count). The molecule has 4 nitrogen and oxygen atoms in total. The van der Waals surface area contributed by atoms with Gasteiger partial charge >= 0.3 is 0 Å². The Kier molecular flexibility index (Phi) is 5.41. The van der Waals surface area contributed by atoms with Gasteiger partial charge in [-0.25, -0.2) is 9.37 Å². The molecule has 0 saturated carbocycles. The van der Waals surface area contributed by atoms with Gasteiger partial charge in [0.15, 0.2) is 0 Å². The quantitative estimate of drug-likeness (QED) is 0.366. The van der Waals surface area contributed by atoms with Gasteiger partial charge in [0.2, 0.25) is 5.95 Å². The largest absolute Gasteiger partial charge is 0.362 e. The van der Waals surface area contributed by atoms with Crippen molar-refractivity contribution < 1.29 is 4.39 Å². The third-order valence-corrected chi connectivity index (χ3v) is 5.66. The number of anilines is 3. The Morgan fingerprint density at radius 1 is 1.11 bits per heavy atom. The molecule has 0 radical (unpaired) electrons.